The van der Waals surface area contributed by atoms with Gasteiger partial charge in [-0.3, -0.25) is 0 Å². The van der Waals surface area contributed by atoms with Crippen molar-refractivity contribution in [1.82, 2.24) is 0 Å². The van der Waals surface area contributed by atoms with Crippen molar-refractivity contribution >= 4 is 11.4 Å². The normalized spacial score (nSPS) is 21.8. The molecule has 3 aromatic carbocycles. The van der Waals surface area contributed by atoms with Crippen LogP contribution in [0.1, 0.15) is 23.1 Å². The number of hydrogen-bond donors (Lipinski definition) is 2. The number of nitrogens with zero attached hydrogens (tertiary/aromatic N) is 1. The zero-order valence-electron chi connectivity index (χ0n) is 20.8. The largest absolute Gasteiger partial charge is 0.573 e. The van der Waals surface area contributed by atoms with Gasteiger partial charge in [0, 0.05) is 36.5 Å². The maximum atomic E-state index is 13.3. The SMILES string of the molecule is O[C@@H](CF)CN1CC(Cc2cccc(OC(F)(F)F)c2)(c2cccc(N[C@@H]3CCOC3)c2)c2ccccc21. The van der Waals surface area contributed by atoms with Crippen LogP contribution in [0.4, 0.5) is 28.9 Å². The first-order valence-corrected chi connectivity index (χ1v) is 12.6. The van der Waals surface area contributed by atoms with Crippen LogP contribution in [-0.4, -0.2) is 56.6 Å². The van der Waals surface area contributed by atoms with Crippen molar-refractivity contribution in [3.05, 3.63) is 89.5 Å². The monoisotopic (exact) mass is 530 g/mol. The van der Waals surface area contributed by atoms with Crippen molar-refractivity contribution in [1.29, 1.82) is 0 Å². The molecule has 0 aliphatic carbocycles. The topological polar surface area (TPSA) is 54.0 Å². The third kappa shape index (κ3) is 5.73. The zero-order chi connectivity index (χ0) is 26.8. The summed E-state index contributed by atoms with van der Waals surface area (Å²) in [7, 11) is 0. The maximum Gasteiger partial charge on any atom is 0.573 e. The van der Waals surface area contributed by atoms with Crippen LogP contribution >= 0.6 is 0 Å². The number of anilines is 2. The minimum Gasteiger partial charge on any atom is -0.406 e. The van der Waals surface area contributed by atoms with Crippen molar-refractivity contribution in [3.63, 3.8) is 0 Å². The van der Waals surface area contributed by atoms with E-state index in [2.05, 4.69) is 16.1 Å². The van der Waals surface area contributed by atoms with Gasteiger partial charge < -0.3 is 24.8 Å². The zero-order valence-corrected chi connectivity index (χ0v) is 20.8. The first-order chi connectivity index (χ1) is 18.3. The fourth-order valence-corrected chi connectivity index (χ4v) is 5.61. The van der Waals surface area contributed by atoms with Gasteiger partial charge in [0.25, 0.3) is 0 Å². The average molecular weight is 531 g/mol. The number of hydrogen-bond acceptors (Lipinski definition) is 5. The summed E-state index contributed by atoms with van der Waals surface area (Å²) in [6, 6.07) is 22.0. The van der Waals surface area contributed by atoms with Crippen LogP contribution in [0, 0.1) is 0 Å². The highest BCUT2D eigenvalue weighted by molar-refractivity contribution is 5.68. The lowest BCUT2D eigenvalue weighted by atomic mass is 9.71. The standard InChI is InChI=1S/C29H30F4N2O3/c30-16-24(36)17-35-19-28(26-9-1-2-10-27(26)35,15-20-5-3-8-25(13-20)38-29(31,32)33)21-6-4-7-22(14-21)34-23-11-12-37-18-23/h1-10,13-14,23-24,34,36H,11-12,15-19H2/t23-,24+,28?/m1/s1. The number of alkyl halides is 4. The summed E-state index contributed by atoms with van der Waals surface area (Å²) in [5, 5.41) is 13.7. The number of β-amino-alcohol motifs (C(OH)–C–C–N with tert-alkyl or cyclic N) is 1. The van der Waals surface area contributed by atoms with E-state index in [1.54, 1.807) is 12.1 Å². The fraction of sp³-hybridized carbons (Fsp3) is 0.379. The van der Waals surface area contributed by atoms with Crippen LogP contribution in [0.2, 0.25) is 0 Å². The predicted molar refractivity (Wildman–Crippen MR) is 138 cm³/mol. The smallest absolute Gasteiger partial charge is 0.406 e. The van der Waals surface area contributed by atoms with E-state index >= 15 is 0 Å². The third-order valence-corrected chi connectivity index (χ3v) is 7.18. The molecule has 0 saturated carbocycles. The lowest BCUT2D eigenvalue weighted by Crippen LogP contribution is -2.40. The second-order valence-corrected chi connectivity index (χ2v) is 9.95. The van der Waals surface area contributed by atoms with Gasteiger partial charge in [0.2, 0.25) is 0 Å². The van der Waals surface area contributed by atoms with Gasteiger partial charge in [0.15, 0.2) is 0 Å². The number of fused-ring (bicyclic) bond motifs is 1. The van der Waals surface area contributed by atoms with Crippen LogP contribution in [0.15, 0.2) is 72.8 Å². The number of para-hydroxylation sites is 1. The van der Waals surface area contributed by atoms with Crippen molar-refractivity contribution in [2.75, 3.05) is 43.2 Å². The summed E-state index contributed by atoms with van der Waals surface area (Å²) in [5.41, 5.74) is 3.71. The molecule has 202 valence electrons. The lowest BCUT2D eigenvalue weighted by Gasteiger charge is -2.33. The number of aliphatic hydroxyl groups is 1. The van der Waals surface area contributed by atoms with Crippen LogP contribution < -0.4 is 15.0 Å². The Bertz CT molecular complexity index is 1250. The van der Waals surface area contributed by atoms with E-state index in [1.807, 2.05) is 47.4 Å². The molecule has 0 spiro atoms. The predicted octanol–water partition coefficient (Wildman–Crippen LogP) is 5.47. The van der Waals surface area contributed by atoms with Gasteiger partial charge in [0.1, 0.15) is 12.4 Å². The molecule has 0 aromatic heterocycles. The molecular weight excluding hydrogens is 500 g/mol. The minimum atomic E-state index is -4.79. The number of aliphatic hydroxyl groups excluding tert-OH is 1. The van der Waals surface area contributed by atoms with Gasteiger partial charge in [-0.15, -0.1) is 13.2 Å². The highest BCUT2D eigenvalue weighted by Crippen LogP contribution is 2.48. The molecule has 0 amide bonds. The molecule has 1 unspecified atom stereocenters. The lowest BCUT2D eigenvalue weighted by molar-refractivity contribution is -0.274. The van der Waals surface area contributed by atoms with Crippen LogP contribution in [-0.2, 0) is 16.6 Å². The van der Waals surface area contributed by atoms with Crippen LogP contribution in [0.25, 0.3) is 0 Å². The molecule has 2 aliphatic heterocycles. The maximum absolute atomic E-state index is 13.3. The second-order valence-electron chi connectivity index (χ2n) is 9.95. The van der Waals surface area contributed by atoms with Crippen LogP contribution in [0.5, 0.6) is 5.75 Å². The minimum absolute atomic E-state index is 0.101. The quantitative estimate of drug-likeness (QED) is 0.360. The van der Waals surface area contributed by atoms with Gasteiger partial charge >= 0.3 is 6.36 Å². The van der Waals surface area contributed by atoms with Gasteiger partial charge in [-0.05, 0) is 59.9 Å². The van der Waals surface area contributed by atoms with Gasteiger partial charge in [-0.2, -0.15) is 0 Å². The number of benzene rings is 3. The Kier molecular flexibility index (Phi) is 7.49. The molecule has 5 nitrogen and oxygen atoms in total. The summed E-state index contributed by atoms with van der Waals surface area (Å²) in [6.45, 7) is 0.981. The Balaban J connectivity index is 1.57. The molecular formula is C29H30F4N2O3. The fourth-order valence-electron chi connectivity index (χ4n) is 5.61. The van der Waals surface area contributed by atoms with Gasteiger partial charge in [-0.25, -0.2) is 4.39 Å². The van der Waals surface area contributed by atoms with E-state index in [1.165, 1.54) is 12.1 Å². The molecule has 1 fully saturated rings. The Morgan fingerprint density at radius 1 is 1.08 bits per heavy atom. The molecule has 2 aliphatic rings. The van der Waals surface area contributed by atoms with E-state index in [0.29, 0.717) is 31.7 Å². The van der Waals surface area contributed by atoms with Crippen molar-refractivity contribution in [2.45, 2.75) is 36.8 Å². The Morgan fingerprint density at radius 3 is 2.66 bits per heavy atom. The summed E-state index contributed by atoms with van der Waals surface area (Å²) < 4.78 is 61.8. The summed E-state index contributed by atoms with van der Waals surface area (Å²) >= 11 is 0. The van der Waals surface area contributed by atoms with E-state index in [-0.39, 0.29) is 18.3 Å². The van der Waals surface area contributed by atoms with Crippen molar-refractivity contribution in [3.8, 4) is 5.75 Å². The number of nitrogens with one attached hydrogen (secondary N) is 1. The van der Waals surface area contributed by atoms with E-state index < -0.39 is 24.6 Å². The van der Waals surface area contributed by atoms with Crippen molar-refractivity contribution in [2.24, 2.45) is 0 Å². The molecule has 3 atom stereocenters. The number of rotatable bonds is 9. The van der Waals surface area contributed by atoms with Crippen LogP contribution in [0.3, 0.4) is 0 Å². The molecule has 0 radical (unpaired) electrons. The number of halogens is 4. The first kappa shape index (κ1) is 26.3. The molecule has 2 N–H and O–H groups in total. The molecule has 38 heavy (non-hydrogen) atoms. The number of ether oxygens (including phenoxy) is 2. The second kappa shape index (κ2) is 10.8. The Hall–Kier alpha value is -3.30. The van der Waals surface area contributed by atoms with E-state index in [0.717, 1.165) is 28.9 Å². The molecule has 0 bridgehead atoms. The summed E-state index contributed by atoms with van der Waals surface area (Å²) in [4.78, 5) is 1.96. The van der Waals surface area contributed by atoms with E-state index in [9.17, 15) is 22.7 Å². The van der Waals surface area contributed by atoms with E-state index in [4.69, 9.17) is 4.74 Å². The summed E-state index contributed by atoms with van der Waals surface area (Å²) in [5.74, 6) is -0.280. The average Bonchev–Trinajstić information content (AvgIpc) is 3.50. The third-order valence-electron chi connectivity index (χ3n) is 7.18. The Labute approximate surface area is 219 Å². The highest BCUT2D eigenvalue weighted by atomic mass is 19.4. The van der Waals surface area contributed by atoms with Gasteiger partial charge in [-0.1, -0.05) is 42.5 Å². The van der Waals surface area contributed by atoms with Gasteiger partial charge in [0.05, 0.1) is 18.8 Å². The molecule has 1 saturated heterocycles. The molecule has 9 heteroatoms. The Morgan fingerprint density at radius 2 is 1.89 bits per heavy atom. The molecule has 3 aromatic rings. The molecule has 5 rings (SSSR count). The summed E-state index contributed by atoms with van der Waals surface area (Å²) in [6.07, 6.45) is -4.67. The molecule has 2 heterocycles. The first-order valence-electron chi connectivity index (χ1n) is 12.6. The van der Waals surface area contributed by atoms with Crippen molar-refractivity contribution < 1.29 is 32.1 Å². The highest BCUT2D eigenvalue weighted by Gasteiger charge is 2.44.